The summed E-state index contributed by atoms with van der Waals surface area (Å²) in [6.07, 6.45) is 4.77. The first-order chi connectivity index (χ1) is 9.13. The molecule has 0 radical (unpaired) electrons. The number of anilines is 1. The van der Waals surface area contributed by atoms with Crippen LogP contribution in [0.25, 0.3) is 0 Å². The lowest BCUT2D eigenvalue weighted by Gasteiger charge is -2.34. The van der Waals surface area contributed by atoms with Crippen LogP contribution in [0.4, 0.5) is 11.4 Å². The van der Waals surface area contributed by atoms with Gasteiger partial charge in [-0.05, 0) is 43.2 Å². The third-order valence-corrected chi connectivity index (χ3v) is 4.26. The number of nitro groups is 1. The van der Waals surface area contributed by atoms with Crippen molar-refractivity contribution < 1.29 is 4.92 Å². The summed E-state index contributed by atoms with van der Waals surface area (Å²) in [6.45, 7) is 1.74. The van der Waals surface area contributed by atoms with E-state index in [0.717, 1.165) is 19.5 Å². The highest BCUT2D eigenvalue weighted by Gasteiger charge is 2.46. The summed E-state index contributed by atoms with van der Waals surface area (Å²) in [5.74, 6) is 0. The summed E-state index contributed by atoms with van der Waals surface area (Å²) in [7, 11) is 0. The number of nitrogens with zero attached hydrogens (tertiary/aromatic N) is 3. The SMILES string of the molecule is N#Cc1ccc([N+](=O)[O-])c(N2CCCC3(CC3)C2)c1. The number of benzene rings is 1. The third-order valence-electron chi connectivity index (χ3n) is 4.26. The van der Waals surface area contributed by atoms with E-state index in [4.69, 9.17) is 5.26 Å². The maximum absolute atomic E-state index is 11.1. The molecule has 1 saturated carbocycles. The van der Waals surface area contributed by atoms with Gasteiger partial charge in [0.05, 0.1) is 16.6 Å². The lowest BCUT2D eigenvalue weighted by molar-refractivity contribution is -0.384. The monoisotopic (exact) mass is 257 g/mol. The van der Waals surface area contributed by atoms with Gasteiger partial charge in [-0.1, -0.05) is 0 Å². The zero-order chi connectivity index (χ0) is 13.5. The fraction of sp³-hybridized carbons (Fsp3) is 0.500. The predicted molar refractivity (Wildman–Crippen MR) is 70.9 cm³/mol. The van der Waals surface area contributed by atoms with Crippen molar-refractivity contribution in [3.05, 3.63) is 33.9 Å². The van der Waals surface area contributed by atoms with Crippen LogP contribution in [0.15, 0.2) is 18.2 Å². The largest absolute Gasteiger partial charge is 0.365 e. The molecule has 1 aromatic rings. The van der Waals surface area contributed by atoms with E-state index >= 15 is 0 Å². The van der Waals surface area contributed by atoms with E-state index in [2.05, 4.69) is 11.0 Å². The minimum absolute atomic E-state index is 0.108. The van der Waals surface area contributed by atoms with Gasteiger partial charge in [0, 0.05) is 19.2 Å². The molecule has 1 spiro atoms. The van der Waals surface area contributed by atoms with Gasteiger partial charge in [0.25, 0.3) is 5.69 Å². The molecular formula is C14H15N3O2. The Bertz CT molecular complexity index is 573. The molecular weight excluding hydrogens is 242 g/mol. The molecule has 2 fully saturated rings. The smallest absolute Gasteiger partial charge is 0.292 e. The lowest BCUT2D eigenvalue weighted by atomic mass is 9.94. The number of rotatable bonds is 2. The van der Waals surface area contributed by atoms with E-state index in [1.165, 1.54) is 31.4 Å². The van der Waals surface area contributed by atoms with Gasteiger partial charge in [-0.2, -0.15) is 5.26 Å². The molecule has 0 amide bonds. The Hall–Kier alpha value is -2.09. The van der Waals surface area contributed by atoms with Crippen molar-refractivity contribution in [2.75, 3.05) is 18.0 Å². The van der Waals surface area contributed by atoms with Gasteiger partial charge in [0.15, 0.2) is 0 Å². The van der Waals surface area contributed by atoms with E-state index in [9.17, 15) is 10.1 Å². The molecule has 5 heteroatoms. The van der Waals surface area contributed by atoms with Crippen LogP contribution in [0, 0.1) is 26.9 Å². The van der Waals surface area contributed by atoms with E-state index in [-0.39, 0.29) is 10.6 Å². The first kappa shape index (κ1) is 12.0. The van der Waals surface area contributed by atoms with Crippen LogP contribution in [0.2, 0.25) is 0 Å². The fourth-order valence-electron chi connectivity index (χ4n) is 3.00. The van der Waals surface area contributed by atoms with Crippen LogP contribution in [-0.2, 0) is 0 Å². The molecule has 1 aliphatic carbocycles. The quantitative estimate of drug-likeness (QED) is 0.603. The van der Waals surface area contributed by atoms with Gasteiger partial charge in [-0.15, -0.1) is 0 Å². The van der Waals surface area contributed by atoms with Crippen molar-refractivity contribution in [1.29, 1.82) is 5.26 Å². The topological polar surface area (TPSA) is 70.2 Å². The van der Waals surface area contributed by atoms with Gasteiger partial charge in [0.1, 0.15) is 5.69 Å². The molecule has 0 aromatic heterocycles. The molecule has 19 heavy (non-hydrogen) atoms. The van der Waals surface area contributed by atoms with E-state index in [1.807, 2.05) is 0 Å². The normalized spacial score (nSPS) is 20.1. The van der Waals surface area contributed by atoms with Crippen molar-refractivity contribution >= 4 is 11.4 Å². The lowest BCUT2D eigenvalue weighted by Crippen LogP contribution is -2.36. The zero-order valence-corrected chi connectivity index (χ0v) is 10.6. The van der Waals surface area contributed by atoms with Gasteiger partial charge in [-0.25, -0.2) is 0 Å². The molecule has 0 N–H and O–H groups in total. The Labute approximate surface area is 111 Å². The molecule has 1 saturated heterocycles. The zero-order valence-electron chi connectivity index (χ0n) is 10.6. The maximum Gasteiger partial charge on any atom is 0.292 e. The second kappa shape index (κ2) is 4.23. The molecule has 0 atom stereocenters. The number of nitro benzene ring substituents is 1. The number of hydrogen-bond donors (Lipinski definition) is 0. The summed E-state index contributed by atoms with van der Waals surface area (Å²) in [5.41, 5.74) is 1.59. The molecule has 1 aliphatic heterocycles. The van der Waals surface area contributed by atoms with Gasteiger partial charge >= 0.3 is 0 Å². The van der Waals surface area contributed by atoms with Gasteiger partial charge in [-0.3, -0.25) is 10.1 Å². The fourth-order valence-corrected chi connectivity index (χ4v) is 3.00. The highest BCUT2D eigenvalue weighted by Crippen LogP contribution is 2.53. The van der Waals surface area contributed by atoms with Crippen LogP contribution in [0.1, 0.15) is 31.2 Å². The Kier molecular flexibility index (Phi) is 2.67. The molecule has 1 heterocycles. The first-order valence-electron chi connectivity index (χ1n) is 6.57. The molecule has 0 bridgehead atoms. The Morgan fingerprint density at radius 1 is 1.37 bits per heavy atom. The van der Waals surface area contributed by atoms with Crippen molar-refractivity contribution in [1.82, 2.24) is 0 Å². The molecule has 98 valence electrons. The number of nitriles is 1. The van der Waals surface area contributed by atoms with Gasteiger partial charge < -0.3 is 4.90 Å². The highest BCUT2D eigenvalue weighted by molar-refractivity contribution is 5.66. The molecule has 5 nitrogen and oxygen atoms in total. The standard InChI is InChI=1S/C14H15N3O2/c15-9-11-2-3-12(17(18)19)13(8-11)16-7-1-4-14(10-16)5-6-14/h2-3,8H,1,4-7,10H2. The Balaban J connectivity index is 1.97. The van der Waals surface area contributed by atoms with Crippen molar-refractivity contribution in [2.24, 2.45) is 5.41 Å². The van der Waals surface area contributed by atoms with Crippen LogP contribution in [-0.4, -0.2) is 18.0 Å². The minimum Gasteiger partial charge on any atom is -0.365 e. The summed E-state index contributed by atoms with van der Waals surface area (Å²) >= 11 is 0. The average molecular weight is 257 g/mol. The number of piperidine rings is 1. The van der Waals surface area contributed by atoms with E-state index in [0.29, 0.717) is 16.7 Å². The highest BCUT2D eigenvalue weighted by atomic mass is 16.6. The van der Waals surface area contributed by atoms with Crippen molar-refractivity contribution in [3.63, 3.8) is 0 Å². The predicted octanol–water partition coefficient (Wildman–Crippen LogP) is 2.85. The van der Waals surface area contributed by atoms with Crippen LogP contribution in [0.3, 0.4) is 0 Å². The summed E-state index contributed by atoms with van der Waals surface area (Å²) in [6, 6.07) is 6.67. The first-order valence-corrected chi connectivity index (χ1v) is 6.57. The Morgan fingerprint density at radius 2 is 2.16 bits per heavy atom. The van der Waals surface area contributed by atoms with Crippen LogP contribution in [0.5, 0.6) is 0 Å². The maximum atomic E-state index is 11.1. The van der Waals surface area contributed by atoms with E-state index in [1.54, 1.807) is 6.07 Å². The average Bonchev–Trinajstić information content (AvgIpc) is 3.17. The van der Waals surface area contributed by atoms with Crippen molar-refractivity contribution in [2.45, 2.75) is 25.7 Å². The second-order valence-corrected chi connectivity index (χ2v) is 5.60. The molecule has 2 aliphatic rings. The van der Waals surface area contributed by atoms with Gasteiger partial charge in [0.2, 0.25) is 0 Å². The summed E-state index contributed by atoms with van der Waals surface area (Å²) < 4.78 is 0. The second-order valence-electron chi connectivity index (χ2n) is 5.60. The summed E-state index contributed by atoms with van der Waals surface area (Å²) in [4.78, 5) is 12.9. The third kappa shape index (κ3) is 2.14. The molecule has 3 rings (SSSR count). The summed E-state index contributed by atoms with van der Waals surface area (Å²) in [5, 5.41) is 20.1. The minimum atomic E-state index is -0.356. The molecule has 0 unspecified atom stereocenters. The Morgan fingerprint density at radius 3 is 2.79 bits per heavy atom. The number of hydrogen-bond acceptors (Lipinski definition) is 4. The van der Waals surface area contributed by atoms with E-state index < -0.39 is 0 Å². The van der Waals surface area contributed by atoms with Crippen LogP contribution >= 0.6 is 0 Å². The van der Waals surface area contributed by atoms with Crippen LogP contribution < -0.4 is 4.90 Å². The molecule has 1 aromatic carbocycles. The van der Waals surface area contributed by atoms with Crippen molar-refractivity contribution in [3.8, 4) is 6.07 Å².